The Kier molecular flexibility index (Phi) is 3.60. The summed E-state index contributed by atoms with van der Waals surface area (Å²) >= 11 is 0. The Balaban J connectivity index is 1.96. The van der Waals surface area contributed by atoms with Crippen molar-refractivity contribution in [2.45, 2.75) is 45.9 Å². The Bertz CT molecular complexity index is 440. The van der Waals surface area contributed by atoms with Crippen molar-refractivity contribution in [1.29, 1.82) is 0 Å². The standard InChI is InChI=1S/C13H20FN3O2/c1-8-15-10(11(14)16-8)9-5-6-17(7-9)12(18)19-13(2,3)4/h8-9H,5-7H2,1-4H3/t8-,9?/m0/s1. The normalized spacial score (nSPS) is 27.3. The van der Waals surface area contributed by atoms with Gasteiger partial charge in [-0.3, -0.25) is 4.99 Å². The molecule has 0 aromatic heterocycles. The van der Waals surface area contributed by atoms with Crippen LogP contribution in [0.2, 0.25) is 0 Å². The Hall–Kier alpha value is -1.46. The van der Waals surface area contributed by atoms with E-state index in [1.54, 1.807) is 11.8 Å². The summed E-state index contributed by atoms with van der Waals surface area (Å²) in [5, 5.41) is 0. The van der Waals surface area contributed by atoms with Gasteiger partial charge in [0.1, 0.15) is 11.8 Å². The van der Waals surface area contributed by atoms with E-state index < -0.39 is 11.6 Å². The summed E-state index contributed by atoms with van der Waals surface area (Å²) < 4.78 is 18.9. The van der Waals surface area contributed by atoms with Gasteiger partial charge in [-0.05, 0) is 34.1 Å². The summed E-state index contributed by atoms with van der Waals surface area (Å²) in [6.45, 7) is 8.24. The second-order valence-corrected chi connectivity index (χ2v) is 5.98. The van der Waals surface area contributed by atoms with E-state index in [0.717, 1.165) is 0 Å². The molecule has 106 valence electrons. The molecule has 2 aliphatic heterocycles. The van der Waals surface area contributed by atoms with Gasteiger partial charge in [-0.25, -0.2) is 9.79 Å². The van der Waals surface area contributed by atoms with Crippen molar-refractivity contribution in [3.63, 3.8) is 0 Å². The molecule has 1 unspecified atom stereocenters. The third-order valence-electron chi connectivity index (χ3n) is 3.06. The van der Waals surface area contributed by atoms with E-state index in [0.29, 0.717) is 25.2 Å². The van der Waals surface area contributed by atoms with Gasteiger partial charge in [-0.2, -0.15) is 4.39 Å². The van der Waals surface area contributed by atoms with Crippen molar-refractivity contribution in [3.8, 4) is 0 Å². The van der Waals surface area contributed by atoms with Crippen LogP contribution in [0.4, 0.5) is 9.18 Å². The maximum atomic E-state index is 13.6. The maximum Gasteiger partial charge on any atom is 0.410 e. The number of aliphatic imine (C=N–C) groups is 2. The minimum absolute atomic E-state index is 0.0683. The predicted molar refractivity (Wildman–Crippen MR) is 71.4 cm³/mol. The molecule has 1 saturated heterocycles. The lowest BCUT2D eigenvalue weighted by molar-refractivity contribution is 0.0292. The zero-order valence-corrected chi connectivity index (χ0v) is 11.8. The van der Waals surface area contributed by atoms with Crippen LogP contribution in [0.1, 0.15) is 34.1 Å². The van der Waals surface area contributed by atoms with Crippen molar-refractivity contribution < 1.29 is 13.9 Å². The SMILES string of the molecule is C[C@@H]1N=C(F)C(C2CCN(C(=O)OC(C)(C)C)C2)=N1. The van der Waals surface area contributed by atoms with E-state index in [1.165, 1.54) is 0 Å². The summed E-state index contributed by atoms with van der Waals surface area (Å²) in [5.41, 5.74) is -0.111. The van der Waals surface area contributed by atoms with Gasteiger partial charge < -0.3 is 9.64 Å². The number of halogens is 1. The van der Waals surface area contributed by atoms with E-state index in [2.05, 4.69) is 9.98 Å². The molecule has 0 aliphatic carbocycles. The number of hydrogen-bond acceptors (Lipinski definition) is 4. The smallest absolute Gasteiger partial charge is 0.410 e. The predicted octanol–water partition coefficient (Wildman–Crippen LogP) is 2.41. The lowest BCUT2D eigenvalue weighted by Crippen LogP contribution is -2.36. The summed E-state index contributed by atoms with van der Waals surface area (Å²) in [5.74, 6) is -0.551. The fraction of sp³-hybridized carbons (Fsp3) is 0.769. The molecule has 0 radical (unpaired) electrons. The van der Waals surface area contributed by atoms with E-state index in [-0.39, 0.29) is 18.2 Å². The molecule has 6 heteroatoms. The molecule has 2 aliphatic rings. The van der Waals surface area contributed by atoms with Crippen LogP contribution in [0, 0.1) is 5.92 Å². The number of carbonyl (C=O) groups is 1. The maximum absolute atomic E-state index is 13.6. The van der Waals surface area contributed by atoms with Crippen LogP contribution >= 0.6 is 0 Å². The van der Waals surface area contributed by atoms with Gasteiger partial charge in [0.15, 0.2) is 0 Å². The molecule has 0 aromatic rings. The third kappa shape index (κ3) is 3.30. The molecule has 1 amide bonds. The number of nitrogens with zero attached hydrogens (tertiary/aromatic N) is 3. The molecular formula is C13H20FN3O2. The minimum Gasteiger partial charge on any atom is -0.444 e. The van der Waals surface area contributed by atoms with Gasteiger partial charge in [-0.15, -0.1) is 0 Å². The van der Waals surface area contributed by atoms with Crippen LogP contribution < -0.4 is 0 Å². The Labute approximate surface area is 112 Å². The molecule has 2 heterocycles. The molecule has 0 bridgehead atoms. The first-order valence-corrected chi connectivity index (χ1v) is 6.55. The largest absolute Gasteiger partial charge is 0.444 e. The second kappa shape index (κ2) is 4.90. The number of hydrogen-bond donors (Lipinski definition) is 0. The second-order valence-electron chi connectivity index (χ2n) is 5.98. The summed E-state index contributed by atoms with van der Waals surface area (Å²) in [6.07, 6.45) is 0.0119. The molecule has 0 aromatic carbocycles. The fourth-order valence-corrected chi connectivity index (χ4v) is 2.26. The van der Waals surface area contributed by atoms with Crippen molar-refractivity contribution in [1.82, 2.24) is 4.90 Å². The van der Waals surface area contributed by atoms with Crippen molar-refractivity contribution >= 4 is 17.8 Å². The molecule has 0 saturated carbocycles. The van der Waals surface area contributed by atoms with Gasteiger partial charge in [0.2, 0.25) is 5.97 Å². The topological polar surface area (TPSA) is 54.3 Å². The van der Waals surface area contributed by atoms with Gasteiger partial charge >= 0.3 is 6.09 Å². The van der Waals surface area contributed by atoms with Crippen LogP contribution in [0.25, 0.3) is 0 Å². The lowest BCUT2D eigenvalue weighted by Gasteiger charge is -2.24. The van der Waals surface area contributed by atoms with Gasteiger partial charge in [-0.1, -0.05) is 0 Å². The summed E-state index contributed by atoms with van der Waals surface area (Å²) in [6, 6.07) is 0. The van der Waals surface area contributed by atoms with Crippen molar-refractivity contribution in [2.75, 3.05) is 13.1 Å². The third-order valence-corrected chi connectivity index (χ3v) is 3.06. The molecule has 19 heavy (non-hydrogen) atoms. The van der Waals surface area contributed by atoms with E-state index >= 15 is 0 Å². The average Bonchev–Trinajstić information content (AvgIpc) is 2.82. The van der Waals surface area contributed by atoms with Gasteiger partial charge in [0, 0.05) is 19.0 Å². The van der Waals surface area contributed by atoms with Crippen LogP contribution in [0.3, 0.4) is 0 Å². The Morgan fingerprint density at radius 1 is 1.42 bits per heavy atom. The number of ether oxygens (including phenoxy) is 1. The first kappa shape index (κ1) is 14.0. The molecule has 0 N–H and O–H groups in total. The van der Waals surface area contributed by atoms with Gasteiger partial charge in [0.25, 0.3) is 0 Å². The van der Waals surface area contributed by atoms with E-state index in [1.807, 2.05) is 20.8 Å². The lowest BCUT2D eigenvalue weighted by atomic mass is 10.0. The Morgan fingerprint density at radius 2 is 2.11 bits per heavy atom. The van der Waals surface area contributed by atoms with Crippen LogP contribution in [-0.4, -0.2) is 47.5 Å². The first-order chi connectivity index (χ1) is 8.76. The molecule has 5 nitrogen and oxygen atoms in total. The minimum atomic E-state index is -0.513. The highest BCUT2D eigenvalue weighted by atomic mass is 19.1. The highest BCUT2D eigenvalue weighted by Gasteiger charge is 2.35. The zero-order chi connectivity index (χ0) is 14.2. The molecular weight excluding hydrogens is 249 g/mol. The molecule has 1 fully saturated rings. The summed E-state index contributed by atoms with van der Waals surface area (Å²) in [4.78, 5) is 21.4. The van der Waals surface area contributed by atoms with Crippen molar-refractivity contribution in [2.24, 2.45) is 15.9 Å². The number of carbonyl (C=O) groups excluding carboxylic acids is 1. The van der Waals surface area contributed by atoms with E-state index in [4.69, 9.17) is 4.74 Å². The monoisotopic (exact) mass is 269 g/mol. The van der Waals surface area contributed by atoms with Gasteiger partial charge in [0.05, 0.1) is 5.71 Å². The highest BCUT2D eigenvalue weighted by Crippen LogP contribution is 2.24. The van der Waals surface area contributed by atoms with E-state index in [9.17, 15) is 9.18 Å². The molecule has 2 rings (SSSR count). The number of rotatable bonds is 1. The highest BCUT2D eigenvalue weighted by molar-refractivity contribution is 6.40. The average molecular weight is 269 g/mol. The van der Waals surface area contributed by atoms with Crippen LogP contribution in [0.15, 0.2) is 9.98 Å². The first-order valence-electron chi connectivity index (χ1n) is 6.55. The molecule has 2 atom stereocenters. The zero-order valence-electron chi connectivity index (χ0n) is 11.8. The molecule has 0 spiro atoms. The van der Waals surface area contributed by atoms with Crippen molar-refractivity contribution in [3.05, 3.63) is 0 Å². The number of likely N-dealkylation sites (tertiary alicyclic amines) is 1. The quantitative estimate of drug-likeness (QED) is 0.734. The Morgan fingerprint density at radius 3 is 2.63 bits per heavy atom. The van der Waals surface area contributed by atoms with Crippen LogP contribution in [0.5, 0.6) is 0 Å². The van der Waals surface area contributed by atoms with Crippen LogP contribution in [-0.2, 0) is 4.74 Å². The summed E-state index contributed by atoms with van der Waals surface area (Å²) in [7, 11) is 0. The number of amides is 1. The fourth-order valence-electron chi connectivity index (χ4n) is 2.26.